The van der Waals surface area contributed by atoms with E-state index in [0.29, 0.717) is 6.54 Å². The van der Waals surface area contributed by atoms with Crippen LogP contribution in [-0.4, -0.2) is 39.2 Å². The van der Waals surface area contributed by atoms with Crippen molar-refractivity contribution in [1.29, 1.82) is 0 Å². The predicted octanol–water partition coefficient (Wildman–Crippen LogP) is 6.30. The number of aromatic nitrogens is 2. The molecule has 0 saturated heterocycles. The number of nitrogens with zero attached hydrogens (tertiary/aromatic N) is 3. The smallest absolute Gasteiger partial charge is 0.415 e. The molecule has 2 aromatic rings. The maximum atomic E-state index is 13.1. The number of hydrogen-bond donors (Lipinski definition) is 0. The molecule has 0 bridgehead atoms. The number of amides is 1. The predicted molar refractivity (Wildman–Crippen MR) is 123 cm³/mol. The van der Waals surface area contributed by atoms with Crippen molar-refractivity contribution in [3.63, 3.8) is 0 Å². The zero-order chi connectivity index (χ0) is 21.6. The fourth-order valence-corrected chi connectivity index (χ4v) is 4.08. The molecule has 0 aliphatic heterocycles. The van der Waals surface area contributed by atoms with Gasteiger partial charge >= 0.3 is 6.09 Å². The van der Waals surface area contributed by atoms with Crippen molar-refractivity contribution in [2.24, 2.45) is 5.92 Å². The van der Waals surface area contributed by atoms with Gasteiger partial charge in [0.2, 0.25) is 0 Å². The second-order valence-electron chi connectivity index (χ2n) is 8.39. The van der Waals surface area contributed by atoms with Crippen molar-refractivity contribution in [2.45, 2.75) is 66.5 Å². The Labute approximate surface area is 179 Å². The number of para-hydroxylation sites is 1. The lowest BCUT2D eigenvalue weighted by molar-refractivity contribution is 0.0297. The lowest BCUT2D eigenvalue weighted by Crippen LogP contribution is -2.39. The highest BCUT2D eigenvalue weighted by atomic mass is 32.2. The van der Waals surface area contributed by atoms with Crippen LogP contribution in [0.5, 0.6) is 0 Å². The van der Waals surface area contributed by atoms with Gasteiger partial charge in [-0.3, -0.25) is 9.58 Å². The average molecular weight is 418 g/mol. The molecule has 1 aromatic carbocycles. The molecular weight excluding hydrogens is 382 g/mol. The van der Waals surface area contributed by atoms with Gasteiger partial charge in [0.25, 0.3) is 0 Å². The zero-order valence-corrected chi connectivity index (χ0v) is 19.7. The molecule has 0 aliphatic carbocycles. The number of fused-ring (bicyclic) bond motifs is 1. The highest BCUT2D eigenvalue weighted by Crippen LogP contribution is 2.28. The Morgan fingerprint density at radius 2 is 1.97 bits per heavy atom. The third kappa shape index (κ3) is 6.26. The van der Waals surface area contributed by atoms with Crippen LogP contribution in [0.2, 0.25) is 0 Å². The molecule has 0 spiro atoms. The van der Waals surface area contributed by atoms with Crippen LogP contribution in [0.1, 0.15) is 54.4 Å². The Balaban J connectivity index is 2.30. The fourth-order valence-electron chi connectivity index (χ4n) is 3.21. The third-order valence-corrected chi connectivity index (χ3v) is 5.90. The number of hydrogen-bond acceptors (Lipinski definition) is 4. The Hall–Kier alpha value is -1.95. The topological polar surface area (TPSA) is 47.4 Å². The molecule has 1 amide bonds. The van der Waals surface area contributed by atoms with E-state index in [1.54, 1.807) is 11.8 Å². The van der Waals surface area contributed by atoms with Gasteiger partial charge in [-0.25, -0.2) is 4.79 Å². The molecule has 1 aromatic heterocycles. The van der Waals surface area contributed by atoms with Crippen molar-refractivity contribution in [3.05, 3.63) is 41.1 Å². The van der Waals surface area contributed by atoms with Crippen molar-refractivity contribution in [3.8, 4) is 0 Å². The summed E-state index contributed by atoms with van der Waals surface area (Å²) in [6, 6.07) is 8.23. The molecule has 5 nitrogen and oxygen atoms in total. The van der Waals surface area contributed by atoms with Crippen LogP contribution in [0, 0.1) is 5.92 Å². The maximum Gasteiger partial charge on any atom is 0.415 e. The summed E-state index contributed by atoms with van der Waals surface area (Å²) in [4.78, 5) is 14.9. The van der Waals surface area contributed by atoms with E-state index in [1.807, 2.05) is 54.9 Å². The summed E-state index contributed by atoms with van der Waals surface area (Å²) in [6.07, 6.45) is 5.49. The van der Waals surface area contributed by atoms with Crippen LogP contribution in [0.4, 0.5) is 4.79 Å². The van der Waals surface area contributed by atoms with Gasteiger partial charge in [0.1, 0.15) is 5.60 Å². The van der Waals surface area contributed by atoms with Gasteiger partial charge in [0.15, 0.2) is 0 Å². The number of allylic oxidation sites excluding steroid dienone is 1. The van der Waals surface area contributed by atoms with Crippen molar-refractivity contribution in [1.82, 2.24) is 14.7 Å². The summed E-state index contributed by atoms with van der Waals surface area (Å²) in [6.45, 7) is 13.5. The number of rotatable bonds is 8. The molecule has 1 heterocycles. The summed E-state index contributed by atoms with van der Waals surface area (Å²) < 4.78 is 7.79. The van der Waals surface area contributed by atoms with E-state index < -0.39 is 5.60 Å². The minimum atomic E-state index is -0.529. The molecule has 29 heavy (non-hydrogen) atoms. The molecular formula is C23H35N3O2S. The first-order valence-electron chi connectivity index (χ1n) is 10.3. The van der Waals surface area contributed by atoms with Crippen LogP contribution in [-0.2, 0) is 11.3 Å². The summed E-state index contributed by atoms with van der Waals surface area (Å²) >= 11 is 1.61. The van der Waals surface area contributed by atoms with Gasteiger partial charge < -0.3 is 4.74 Å². The lowest BCUT2D eigenvalue weighted by Gasteiger charge is -2.32. The van der Waals surface area contributed by atoms with E-state index in [1.165, 1.54) is 5.57 Å². The molecule has 0 radical (unpaired) electrons. The Bertz CT molecular complexity index is 851. The highest BCUT2D eigenvalue weighted by Gasteiger charge is 2.28. The number of carbonyl (C=O) groups is 1. The van der Waals surface area contributed by atoms with E-state index in [-0.39, 0.29) is 12.0 Å². The lowest BCUT2D eigenvalue weighted by atomic mass is 10.1. The summed E-state index contributed by atoms with van der Waals surface area (Å²) in [5.41, 5.74) is 1.79. The van der Waals surface area contributed by atoms with E-state index in [9.17, 15) is 4.79 Å². The fraction of sp³-hybridized carbons (Fsp3) is 0.565. The van der Waals surface area contributed by atoms with Crippen LogP contribution in [0.3, 0.4) is 0 Å². The first-order valence-corrected chi connectivity index (χ1v) is 11.6. The second-order valence-corrected chi connectivity index (χ2v) is 9.19. The van der Waals surface area contributed by atoms with Crippen LogP contribution >= 0.6 is 11.8 Å². The van der Waals surface area contributed by atoms with Gasteiger partial charge in [-0.05, 0) is 64.3 Å². The third-order valence-electron chi connectivity index (χ3n) is 4.95. The summed E-state index contributed by atoms with van der Waals surface area (Å²) in [5, 5.41) is 6.70. The van der Waals surface area contributed by atoms with E-state index in [0.717, 1.165) is 35.3 Å². The minimum Gasteiger partial charge on any atom is -0.443 e. The van der Waals surface area contributed by atoms with Gasteiger partial charge in [-0.2, -0.15) is 5.10 Å². The normalized spacial score (nSPS) is 13.9. The molecule has 1 atom stereocenters. The van der Waals surface area contributed by atoms with Crippen molar-refractivity contribution in [2.75, 3.05) is 12.8 Å². The van der Waals surface area contributed by atoms with Crippen LogP contribution in [0.15, 0.2) is 41.1 Å². The summed E-state index contributed by atoms with van der Waals surface area (Å²) in [7, 11) is 0. The highest BCUT2D eigenvalue weighted by molar-refractivity contribution is 8.02. The van der Waals surface area contributed by atoms with E-state index in [4.69, 9.17) is 4.74 Å². The minimum absolute atomic E-state index is 0.262. The molecule has 1 unspecified atom stereocenters. The van der Waals surface area contributed by atoms with E-state index >= 15 is 0 Å². The quantitative estimate of drug-likeness (QED) is 0.505. The first kappa shape index (κ1) is 23.3. The molecule has 0 saturated carbocycles. The molecule has 2 rings (SSSR count). The maximum absolute atomic E-state index is 13.1. The van der Waals surface area contributed by atoms with Gasteiger partial charge in [-0.15, -0.1) is 11.8 Å². The summed E-state index contributed by atoms with van der Waals surface area (Å²) in [5.74, 6) is 0.262. The largest absolute Gasteiger partial charge is 0.443 e. The standard InChI is InChI=1S/C23H35N3O2S/c1-8-17(3)21(29-7)25(22(27)28-23(4,5)6)15-18(9-2)16-26-20-13-11-10-12-19(20)14-24-26/h10-14,18H,8-9,15-16H2,1-7H3. The molecule has 160 valence electrons. The molecule has 0 fully saturated rings. The van der Waals surface area contributed by atoms with Gasteiger partial charge in [-0.1, -0.05) is 32.0 Å². The van der Waals surface area contributed by atoms with Gasteiger partial charge in [0.05, 0.1) is 16.7 Å². The number of ether oxygens (including phenoxy) is 1. The number of thioether (sulfide) groups is 1. The van der Waals surface area contributed by atoms with Crippen LogP contribution in [0.25, 0.3) is 10.9 Å². The number of benzene rings is 1. The van der Waals surface area contributed by atoms with Crippen molar-refractivity contribution >= 4 is 28.8 Å². The average Bonchev–Trinajstić information content (AvgIpc) is 3.08. The molecule has 0 N–H and O–H groups in total. The van der Waals surface area contributed by atoms with Gasteiger partial charge in [0, 0.05) is 18.5 Å². The molecule has 6 heteroatoms. The van der Waals surface area contributed by atoms with Crippen LogP contribution < -0.4 is 0 Å². The Kier molecular flexibility index (Phi) is 8.20. The van der Waals surface area contributed by atoms with Crippen molar-refractivity contribution < 1.29 is 9.53 Å². The second kappa shape index (κ2) is 10.2. The Morgan fingerprint density at radius 1 is 1.28 bits per heavy atom. The monoisotopic (exact) mass is 417 g/mol. The molecule has 0 aliphatic rings. The Morgan fingerprint density at radius 3 is 2.55 bits per heavy atom. The zero-order valence-electron chi connectivity index (χ0n) is 18.9. The SMILES string of the molecule is CCC(C)=C(SC)N(CC(CC)Cn1ncc2ccccc21)C(=O)OC(C)(C)C. The van der Waals surface area contributed by atoms with E-state index in [2.05, 4.69) is 38.0 Å². The number of carbonyl (C=O) groups excluding carboxylic acids is 1. The first-order chi connectivity index (χ1) is 13.7.